The molecule has 0 atom stereocenters. The van der Waals surface area contributed by atoms with Gasteiger partial charge in [-0.3, -0.25) is 10.1 Å². The number of carbonyl (C=O) groups is 2. The van der Waals surface area contributed by atoms with Gasteiger partial charge in [0, 0.05) is 6.04 Å². The molecule has 8 nitrogen and oxygen atoms in total. The van der Waals surface area contributed by atoms with E-state index in [9.17, 15) is 9.59 Å². The SMILES string of the molecule is CC(C)NC(=O)NC(=O)CSc1nnc(-c2ccco2)o1. The summed E-state index contributed by atoms with van der Waals surface area (Å²) in [6.45, 7) is 3.60. The molecule has 0 spiro atoms. The fourth-order valence-electron chi connectivity index (χ4n) is 1.36. The molecule has 0 aliphatic carbocycles. The van der Waals surface area contributed by atoms with Gasteiger partial charge in [0.1, 0.15) is 0 Å². The number of hydrogen-bond donors (Lipinski definition) is 2. The minimum atomic E-state index is -0.530. The molecule has 3 amide bonds. The van der Waals surface area contributed by atoms with Crippen molar-refractivity contribution in [2.45, 2.75) is 25.1 Å². The van der Waals surface area contributed by atoms with Crippen LogP contribution in [0.25, 0.3) is 11.7 Å². The lowest BCUT2D eigenvalue weighted by atomic mass is 10.4. The number of carbonyl (C=O) groups excluding carboxylic acids is 2. The van der Waals surface area contributed by atoms with Gasteiger partial charge in [-0.15, -0.1) is 10.2 Å². The first-order chi connectivity index (χ1) is 10.0. The zero-order valence-electron chi connectivity index (χ0n) is 11.5. The van der Waals surface area contributed by atoms with Crippen molar-refractivity contribution in [2.75, 3.05) is 5.75 Å². The quantitative estimate of drug-likeness (QED) is 0.808. The lowest BCUT2D eigenvalue weighted by Gasteiger charge is -2.08. The summed E-state index contributed by atoms with van der Waals surface area (Å²) < 4.78 is 10.4. The first-order valence-electron chi connectivity index (χ1n) is 6.15. The molecule has 2 heterocycles. The predicted molar refractivity (Wildman–Crippen MR) is 74.5 cm³/mol. The Bertz CT molecular complexity index is 609. The van der Waals surface area contributed by atoms with Crippen molar-refractivity contribution in [1.29, 1.82) is 0 Å². The van der Waals surface area contributed by atoms with Crippen molar-refractivity contribution < 1.29 is 18.4 Å². The summed E-state index contributed by atoms with van der Waals surface area (Å²) in [5, 5.41) is 12.5. The Morgan fingerprint density at radius 1 is 1.38 bits per heavy atom. The average Bonchev–Trinajstić information content (AvgIpc) is 3.06. The fraction of sp³-hybridized carbons (Fsp3) is 0.333. The van der Waals surface area contributed by atoms with Gasteiger partial charge >= 0.3 is 6.03 Å². The summed E-state index contributed by atoms with van der Waals surface area (Å²) in [4.78, 5) is 22.9. The number of imide groups is 1. The van der Waals surface area contributed by atoms with E-state index in [1.165, 1.54) is 6.26 Å². The molecule has 0 aliphatic heterocycles. The minimum Gasteiger partial charge on any atom is -0.459 e. The van der Waals surface area contributed by atoms with E-state index < -0.39 is 11.9 Å². The molecule has 0 saturated heterocycles. The third-order valence-corrected chi connectivity index (χ3v) is 2.96. The number of thioether (sulfide) groups is 1. The highest BCUT2D eigenvalue weighted by Crippen LogP contribution is 2.22. The minimum absolute atomic E-state index is 0.00863. The van der Waals surface area contributed by atoms with Crippen LogP contribution in [0.5, 0.6) is 0 Å². The van der Waals surface area contributed by atoms with Crippen LogP contribution in [0.1, 0.15) is 13.8 Å². The van der Waals surface area contributed by atoms with E-state index in [1.54, 1.807) is 26.0 Å². The Morgan fingerprint density at radius 2 is 2.19 bits per heavy atom. The summed E-state index contributed by atoms with van der Waals surface area (Å²) >= 11 is 1.03. The highest BCUT2D eigenvalue weighted by Gasteiger charge is 2.14. The van der Waals surface area contributed by atoms with Crippen molar-refractivity contribution in [3.63, 3.8) is 0 Å². The van der Waals surface area contributed by atoms with E-state index in [2.05, 4.69) is 20.8 Å². The summed E-state index contributed by atoms with van der Waals surface area (Å²) in [6, 6.07) is 2.81. The number of urea groups is 1. The Balaban J connectivity index is 1.81. The van der Waals surface area contributed by atoms with Gasteiger partial charge in [0.2, 0.25) is 5.91 Å². The molecule has 21 heavy (non-hydrogen) atoms. The second-order valence-corrected chi connectivity index (χ2v) is 5.24. The van der Waals surface area contributed by atoms with Gasteiger partial charge in [-0.2, -0.15) is 0 Å². The molecule has 0 unspecified atom stereocenters. The molecule has 0 radical (unpaired) electrons. The van der Waals surface area contributed by atoms with Crippen LogP contribution in [0.4, 0.5) is 4.79 Å². The standard InChI is InChI=1S/C12H14N4O4S/c1-7(2)13-11(18)14-9(17)6-21-12-16-15-10(20-12)8-4-3-5-19-8/h3-5,7H,6H2,1-2H3,(H2,13,14,17,18). The number of aromatic nitrogens is 2. The molecule has 2 aromatic heterocycles. The zero-order valence-corrected chi connectivity index (χ0v) is 12.3. The van der Waals surface area contributed by atoms with Gasteiger partial charge < -0.3 is 14.2 Å². The van der Waals surface area contributed by atoms with E-state index in [4.69, 9.17) is 8.83 Å². The maximum atomic E-state index is 11.5. The fourth-order valence-corrected chi connectivity index (χ4v) is 1.92. The Kier molecular flexibility index (Phi) is 4.99. The summed E-state index contributed by atoms with van der Waals surface area (Å²) in [5.74, 6) is 0.233. The first kappa shape index (κ1) is 15.1. The Hall–Kier alpha value is -2.29. The molecule has 0 bridgehead atoms. The number of hydrogen-bond acceptors (Lipinski definition) is 7. The molecule has 0 saturated carbocycles. The molecule has 112 valence electrons. The number of amides is 3. The average molecular weight is 310 g/mol. The van der Waals surface area contributed by atoms with Crippen molar-refractivity contribution in [1.82, 2.24) is 20.8 Å². The highest BCUT2D eigenvalue weighted by molar-refractivity contribution is 7.99. The summed E-state index contributed by atoms with van der Waals surface area (Å²) in [5.41, 5.74) is 0. The van der Waals surface area contributed by atoms with Crippen LogP contribution in [-0.2, 0) is 4.79 Å². The second-order valence-electron chi connectivity index (χ2n) is 4.32. The van der Waals surface area contributed by atoms with Crippen molar-refractivity contribution in [3.05, 3.63) is 18.4 Å². The molecule has 2 N–H and O–H groups in total. The largest absolute Gasteiger partial charge is 0.459 e. The van der Waals surface area contributed by atoms with Crippen LogP contribution in [-0.4, -0.2) is 33.9 Å². The van der Waals surface area contributed by atoms with Crippen LogP contribution < -0.4 is 10.6 Å². The Labute approximate surface area is 124 Å². The van der Waals surface area contributed by atoms with Gasteiger partial charge in [-0.05, 0) is 26.0 Å². The van der Waals surface area contributed by atoms with E-state index in [1.807, 2.05) is 0 Å². The van der Waals surface area contributed by atoms with Crippen LogP contribution in [0, 0.1) is 0 Å². The monoisotopic (exact) mass is 310 g/mol. The van der Waals surface area contributed by atoms with E-state index in [-0.39, 0.29) is 22.9 Å². The smallest absolute Gasteiger partial charge is 0.321 e. The molecular formula is C12H14N4O4S. The topological polar surface area (TPSA) is 110 Å². The molecule has 9 heteroatoms. The lowest BCUT2D eigenvalue weighted by Crippen LogP contribution is -2.43. The van der Waals surface area contributed by atoms with Crippen molar-refractivity contribution >= 4 is 23.7 Å². The maximum absolute atomic E-state index is 11.5. The molecular weight excluding hydrogens is 296 g/mol. The van der Waals surface area contributed by atoms with Crippen molar-refractivity contribution in [3.8, 4) is 11.7 Å². The predicted octanol–water partition coefficient (Wildman–Crippen LogP) is 1.66. The van der Waals surface area contributed by atoms with E-state index in [0.29, 0.717) is 5.76 Å². The number of furan rings is 1. The Morgan fingerprint density at radius 3 is 2.86 bits per heavy atom. The zero-order chi connectivity index (χ0) is 15.2. The number of rotatable bonds is 5. The highest BCUT2D eigenvalue weighted by atomic mass is 32.2. The molecule has 0 fully saturated rings. The summed E-state index contributed by atoms with van der Waals surface area (Å²) in [6.07, 6.45) is 1.49. The third-order valence-electron chi connectivity index (χ3n) is 2.14. The molecule has 0 aliphatic rings. The molecule has 2 aromatic rings. The van der Waals surface area contributed by atoms with Gasteiger partial charge in [0.05, 0.1) is 12.0 Å². The van der Waals surface area contributed by atoms with Gasteiger partial charge in [0.15, 0.2) is 5.76 Å². The van der Waals surface area contributed by atoms with Crippen LogP contribution in [0.3, 0.4) is 0 Å². The first-order valence-corrected chi connectivity index (χ1v) is 7.13. The summed E-state index contributed by atoms with van der Waals surface area (Å²) in [7, 11) is 0. The van der Waals surface area contributed by atoms with Crippen molar-refractivity contribution in [2.24, 2.45) is 0 Å². The van der Waals surface area contributed by atoms with E-state index >= 15 is 0 Å². The maximum Gasteiger partial charge on any atom is 0.321 e. The van der Waals surface area contributed by atoms with Gasteiger partial charge in [0.25, 0.3) is 11.1 Å². The second kappa shape index (κ2) is 6.93. The third kappa shape index (κ3) is 4.63. The number of nitrogens with one attached hydrogen (secondary N) is 2. The lowest BCUT2D eigenvalue weighted by molar-refractivity contribution is -0.117. The van der Waals surface area contributed by atoms with Crippen LogP contribution in [0.2, 0.25) is 0 Å². The van der Waals surface area contributed by atoms with Gasteiger partial charge in [-0.25, -0.2) is 4.79 Å². The molecule has 0 aromatic carbocycles. The van der Waals surface area contributed by atoms with Gasteiger partial charge in [-0.1, -0.05) is 11.8 Å². The number of nitrogens with zero attached hydrogens (tertiary/aromatic N) is 2. The van der Waals surface area contributed by atoms with E-state index in [0.717, 1.165) is 11.8 Å². The normalized spacial score (nSPS) is 10.6. The molecule has 2 rings (SSSR count). The van der Waals surface area contributed by atoms with Crippen LogP contribution in [0.15, 0.2) is 32.5 Å². The van der Waals surface area contributed by atoms with Crippen LogP contribution >= 0.6 is 11.8 Å².